The molecule has 192 valence electrons. The lowest BCUT2D eigenvalue weighted by molar-refractivity contribution is 0.0840. The molecule has 6 nitrogen and oxygen atoms in total. The lowest BCUT2D eigenvalue weighted by Gasteiger charge is -2.42. The molecule has 0 fully saturated rings. The van der Waals surface area contributed by atoms with E-state index in [1.165, 1.54) is 0 Å². The fraction of sp³-hybridized carbons (Fsp3) is 0.414. The van der Waals surface area contributed by atoms with Gasteiger partial charge < -0.3 is 4.90 Å². The number of carbonyl (C=O) groups is 1. The van der Waals surface area contributed by atoms with E-state index >= 15 is 0 Å². The number of para-hydroxylation sites is 1. The minimum atomic E-state index is -2.39. The minimum Gasteiger partial charge on any atom is -0.378 e. The SMILES string of the molecule is CN(C)c1ccc(/C=N/N(C(=O)c2cc(C(C)(C)C)nn2-c2ccccc2)[Si](C)(C)C(C)(C)C)cc1. The third-order valence-corrected chi connectivity index (χ3v) is 12.0. The number of aromatic nitrogens is 2. The van der Waals surface area contributed by atoms with Gasteiger partial charge in [0.05, 0.1) is 17.6 Å². The molecule has 3 aromatic rings. The predicted octanol–water partition coefficient (Wildman–Crippen LogP) is 6.72. The van der Waals surface area contributed by atoms with Crippen molar-refractivity contribution in [3.63, 3.8) is 0 Å². The molecule has 0 N–H and O–H groups in total. The van der Waals surface area contributed by atoms with Crippen LogP contribution in [0.2, 0.25) is 18.1 Å². The van der Waals surface area contributed by atoms with Crippen molar-refractivity contribution in [1.82, 2.24) is 14.5 Å². The van der Waals surface area contributed by atoms with Gasteiger partial charge in [-0.25, -0.2) is 4.68 Å². The Kier molecular flexibility index (Phi) is 7.65. The van der Waals surface area contributed by atoms with Gasteiger partial charge in [0.1, 0.15) is 5.69 Å². The number of rotatable bonds is 6. The Hall–Kier alpha value is -3.19. The van der Waals surface area contributed by atoms with E-state index in [1.807, 2.05) is 62.6 Å². The molecular formula is C29H41N5OSi. The fourth-order valence-electron chi connectivity index (χ4n) is 3.53. The van der Waals surface area contributed by atoms with Gasteiger partial charge in [-0.3, -0.25) is 9.47 Å². The Balaban J connectivity index is 2.13. The molecule has 0 radical (unpaired) electrons. The first-order valence-electron chi connectivity index (χ1n) is 12.4. The number of anilines is 1. The van der Waals surface area contributed by atoms with Crippen LogP contribution in [-0.4, -0.2) is 48.9 Å². The minimum absolute atomic E-state index is 0.0980. The monoisotopic (exact) mass is 503 g/mol. The third kappa shape index (κ3) is 5.78. The van der Waals surface area contributed by atoms with Crippen molar-refractivity contribution in [3.05, 3.63) is 77.6 Å². The van der Waals surface area contributed by atoms with Gasteiger partial charge in [-0.1, -0.05) is 71.9 Å². The number of hydrogen-bond donors (Lipinski definition) is 0. The molecule has 0 saturated heterocycles. The van der Waals surface area contributed by atoms with E-state index in [0.29, 0.717) is 5.69 Å². The van der Waals surface area contributed by atoms with E-state index in [0.717, 1.165) is 22.6 Å². The lowest BCUT2D eigenvalue weighted by Crippen LogP contribution is -2.55. The van der Waals surface area contributed by atoms with Crippen LogP contribution in [0.25, 0.3) is 5.69 Å². The second kappa shape index (κ2) is 10.0. The van der Waals surface area contributed by atoms with Crippen LogP contribution in [0.1, 0.15) is 63.3 Å². The molecule has 3 rings (SSSR count). The van der Waals surface area contributed by atoms with Crippen LogP contribution in [0.15, 0.2) is 65.8 Å². The molecule has 1 aromatic heterocycles. The average Bonchev–Trinajstić information content (AvgIpc) is 3.25. The zero-order valence-corrected chi connectivity index (χ0v) is 24.5. The van der Waals surface area contributed by atoms with Gasteiger partial charge in [-0.05, 0) is 54.0 Å². The molecule has 7 heteroatoms. The summed E-state index contributed by atoms with van der Waals surface area (Å²) in [5, 5.41) is 9.63. The van der Waals surface area contributed by atoms with E-state index in [1.54, 1.807) is 15.6 Å². The smallest absolute Gasteiger partial charge is 0.284 e. The number of benzene rings is 2. The number of nitrogens with zero attached hydrogens (tertiary/aromatic N) is 5. The van der Waals surface area contributed by atoms with Crippen molar-refractivity contribution in [2.75, 3.05) is 19.0 Å². The largest absolute Gasteiger partial charge is 0.378 e. The van der Waals surface area contributed by atoms with Crippen molar-refractivity contribution >= 4 is 26.0 Å². The zero-order chi connectivity index (χ0) is 26.9. The normalized spacial score (nSPS) is 12.7. The van der Waals surface area contributed by atoms with Gasteiger partial charge in [-0.2, -0.15) is 10.2 Å². The van der Waals surface area contributed by atoms with Crippen molar-refractivity contribution < 1.29 is 4.79 Å². The highest BCUT2D eigenvalue weighted by atomic mass is 28.3. The summed E-state index contributed by atoms with van der Waals surface area (Å²) >= 11 is 0. The highest BCUT2D eigenvalue weighted by Crippen LogP contribution is 2.39. The summed E-state index contributed by atoms with van der Waals surface area (Å²) in [5.74, 6) is -0.130. The van der Waals surface area contributed by atoms with Crippen molar-refractivity contribution in [2.45, 2.75) is 65.1 Å². The lowest BCUT2D eigenvalue weighted by atomic mass is 9.92. The summed E-state index contributed by atoms with van der Waals surface area (Å²) in [5.41, 5.74) is 4.11. The van der Waals surface area contributed by atoms with Gasteiger partial charge in [0, 0.05) is 25.2 Å². The standard InChI is InChI=1S/C29H41N5OSi/c1-28(2,3)26-20-25(33(31-26)24-14-12-11-13-15-24)27(35)34(36(9,10)29(4,5)6)30-21-22-16-18-23(19-17-22)32(7)8/h11-21H,1-10H3/b30-21+. The Morgan fingerprint density at radius 1 is 0.944 bits per heavy atom. The van der Waals surface area contributed by atoms with E-state index < -0.39 is 8.24 Å². The number of hydrazone groups is 1. The first kappa shape index (κ1) is 27.4. The predicted molar refractivity (Wildman–Crippen MR) is 154 cm³/mol. The van der Waals surface area contributed by atoms with Gasteiger partial charge in [0.2, 0.25) is 0 Å². The average molecular weight is 504 g/mol. The summed E-state index contributed by atoms with van der Waals surface area (Å²) in [6, 6.07) is 19.9. The Bertz CT molecular complexity index is 1210. The molecule has 2 aromatic carbocycles. The summed E-state index contributed by atoms with van der Waals surface area (Å²) in [4.78, 5) is 16.4. The molecule has 0 aliphatic heterocycles. The molecule has 0 spiro atoms. The third-order valence-electron chi connectivity index (χ3n) is 6.99. The van der Waals surface area contributed by atoms with Crippen LogP contribution in [-0.2, 0) is 5.41 Å². The van der Waals surface area contributed by atoms with Gasteiger partial charge in [0.25, 0.3) is 5.91 Å². The van der Waals surface area contributed by atoms with Gasteiger partial charge in [-0.15, -0.1) is 0 Å². The molecule has 0 saturated carbocycles. The van der Waals surface area contributed by atoms with E-state index in [2.05, 4.69) is 71.7 Å². The molecule has 0 atom stereocenters. The van der Waals surface area contributed by atoms with E-state index in [4.69, 9.17) is 10.2 Å². The zero-order valence-electron chi connectivity index (χ0n) is 23.5. The molecule has 0 aliphatic rings. The van der Waals surface area contributed by atoms with E-state index in [-0.39, 0.29) is 16.4 Å². The maximum atomic E-state index is 14.3. The van der Waals surface area contributed by atoms with Crippen molar-refractivity contribution in [1.29, 1.82) is 0 Å². The number of amides is 1. The second-order valence-electron chi connectivity index (χ2n) is 12.1. The van der Waals surface area contributed by atoms with Crippen LogP contribution < -0.4 is 4.90 Å². The summed E-state index contributed by atoms with van der Waals surface area (Å²) in [7, 11) is 1.65. The molecule has 1 amide bonds. The molecule has 0 unspecified atom stereocenters. The Morgan fingerprint density at radius 2 is 1.53 bits per heavy atom. The van der Waals surface area contributed by atoms with Gasteiger partial charge >= 0.3 is 0 Å². The maximum Gasteiger partial charge on any atom is 0.284 e. The van der Waals surface area contributed by atoms with Crippen LogP contribution in [0.4, 0.5) is 5.69 Å². The number of hydrogen-bond acceptors (Lipinski definition) is 4. The van der Waals surface area contributed by atoms with Crippen molar-refractivity contribution in [2.24, 2.45) is 5.10 Å². The van der Waals surface area contributed by atoms with E-state index in [9.17, 15) is 4.79 Å². The summed E-state index contributed by atoms with van der Waals surface area (Å²) in [6.45, 7) is 17.3. The number of carbonyl (C=O) groups excluding carboxylic acids is 1. The van der Waals surface area contributed by atoms with Gasteiger partial charge in [0.15, 0.2) is 8.24 Å². The Labute approximate surface area is 217 Å². The maximum absolute atomic E-state index is 14.3. The highest BCUT2D eigenvalue weighted by Gasteiger charge is 2.45. The molecule has 0 aliphatic carbocycles. The molecule has 0 bridgehead atoms. The summed E-state index contributed by atoms with van der Waals surface area (Å²) in [6.07, 6.45) is 1.80. The second-order valence-corrected chi connectivity index (χ2v) is 17.1. The highest BCUT2D eigenvalue weighted by molar-refractivity contribution is 6.79. The summed E-state index contributed by atoms with van der Waals surface area (Å²) < 4.78 is 3.53. The fourth-order valence-corrected chi connectivity index (χ4v) is 5.13. The molecule has 1 heterocycles. The first-order chi connectivity index (χ1) is 16.6. The Morgan fingerprint density at radius 3 is 2.03 bits per heavy atom. The van der Waals surface area contributed by atoms with Crippen LogP contribution >= 0.6 is 0 Å². The topological polar surface area (TPSA) is 53.7 Å². The van der Waals surface area contributed by atoms with Crippen LogP contribution in [0.3, 0.4) is 0 Å². The quantitative estimate of drug-likeness (QED) is 0.213. The molecule has 36 heavy (non-hydrogen) atoms. The van der Waals surface area contributed by atoms with Crippen molar-refractivity contribution in [3.8, 4) is 5.69 Å². The first-order valence-corrected chi connectivity index (χ1v) is 15.4. The van der Waals surface area contributed by atoms with Crippen LogP contribution in [0.5, 0.6) is 0 Å². The molecular weight excluding hydrogens is 462 g/mol. The van der Waals surface area contributed by atoms with Crippen LogP contribution in [0, 0.1) is 0 Å².